The van der Waals surface area contributed by atoms with E-state index in [9.17, 15) is 13.6 Å². The van der Waals surface area contributed by atoms with E-state index < -0.39 is 0 Å². The average molecular weight is 384 g/mol. The average Bonchev–Trinajstić information content (AvgIpc) is 3.24. The Morgan fingerprint density at radius 1 is 1.11 bits per heavy atom. The topological polar surface area (TPSA) is 59.3 Å². The minimum absolute atomic E-state index is 0.271. The van der Waals surface area contributed by atoms with Gasteiger partial charge < -0.3 is 5.32 Å². The molecule has 0 bridgehead atoms. The molecule has 1 amide bonds. The van der Waals surface area contributed by atoms with Crippen molar-refractivity contribution in [1.29, 1.82) is 0 Å². The number of carbonyl (C=O) groups is 1. The minimum atomic E-state index is -0.385. The van der Waals surface area contributed by atoms with E-state index in [-0.39, 0.29) is 17.5 Å². The predicted octanol–water partition coefficient (Wildman–Crippen LogP) is 3.71. The van der Waals surface area contributed by atoms with Gasteiger partial charge in [0.1, 0.15) is 11.6 Å². The molecule has 0 saturated carbocycles. The number of thiazole rings is 1. The number of aromatic nitrogens is 3. The van der Waals surface area contributed by atoms with Crippen molar-refractivity contribution in [3.05, 3.63) is 76.8 Å². The SMILES string of the molecule is O=C(NCCc1csc2nc(-c3ccccc3F)nn12)c1ccc(F)cc1. The number of hydrogen-bond acceptors (Lipinski definition) is 4. The van der Waals surface area contributed by atoms with E-state index in [2.05, 4.69) is 15.4 Å². The van der Waals surface area contributed by atoms with Crippen LogP contribution in [0.3, 0.4) is 0 Å². The van der Waals surface area contributed by atoms with Gasteiger partial charge in [-0.2, -0.15) is 4.98 Å². The Morgan fingerprint density at radius 3 is 2.67 bits per heavy atom. The fourth-order valence-electron chi connectivity index (χ4n) is 2.66. The highest BCUT2D eigenvalue weighted by Gasteiger charge is 2.14. The van der Waals surface area contributed by atoms with E-state index in [0.717, 1.165) is 5.69 Å². The summed E-state index contributed by atoms with van der Waals surface area (Å²) < 4.78 is 28.5. The number of carbonyl (C=O) groups excluding carboxylic acids is 1. The molecule has 0 unspecified atom stereocenters. The summed E-state index contributed by atoms with van der Waals surface area (Å²) in [4.78, 5) is 17.1. The van der Waals surface area contributed by atoms with Crippen molar-refractivity contribution in [3.63, 3.8) is 0 Å². The van der Waals surface area contributed by atoms with E-state index >= 15 is 0 Å². The molecule has 0 fully saturated rings. The molecule has 5 nitrogen and oxygen atoms in total. The van der Waals surface area contributed by atoms with Crippen LogP contribution in [0.25, 0.3) is 16.3 Å². The normalized spacial score (nSPS) is 11.0. The second kappa shape index (κ2) is 7.24. The second-order valence-electron chi connectivity index (χ2n) is 5.85. The fourth-order valence-corrected chi connectivity index (χ4v) is 3.52. The van der Waals surface area contributed by atoms with Crippen molar-refractivity contribution in [2.45, 2.75) is 6.42 Å². The van der Waals surface area contributed by atoms with Crippen molar-refractivity contribution in [1.82, 2.24) is 19.9 Å². The number of amides is 1. The summed E-state index contributed by atoms with van der Waals surface area (Å²) >= 11 is 1.40. The van der Waals surface area contributed by atoms with Crippen LogP contribution < -0.4 is 5.32 Å². The first-order chi connectivity index (χ1) is 13.1. The Labute approximate surface area is 157 Å². The molecule has 2 aromatic heterocycles. The molecule has 0 aliphatic heterocycles. The van der Waals surface area contributed by atoms with Crippen LogP contribution in [-0.4, -0.2) is 27.0 Å². The lowest BCUT2D eigenvalue weighted by molar-refractivity contribution is 0.0954. The van der Waals surface area contributed by atoms with Gasteiger partial charge >= 0.3 is 0 Å². The van der Waals surface area contributed by atoms with Crippen LogP contribution in [0, 0.1) is 11.6 Å². The minimum Gasteiger partial charge on any atom is -0.352 e. The highest BCUT2D eigenvalue weighted by Crippen LogP contribution is 2.23. The van der Waals surface area contributed by atoms with Gasteiger partial charge in [-0.3, -0.25) is 4.79 Å². The van der Waals surface area contributed by atoms with Crippen molar-refractivity contribution in [2.75, 3.05) is 6.54 Å². The number of nitrogens with one attached hydrogen (secondary N) is 1. The number of nitrogens with zero attached hydrogens (tertiary/aromatic N) is 3. The number of benzene rings is 2. The van der Waals surface area contributed by atoms with Crippen molar-refractivity contribution in [2.24, 2.45) is 0 Å². The van der Waals surface area contributed by atoms with E-state index in [1.54, 1.807) is 22.7 Å². The van der Waals surface area contributed by atoms with Gasteiger partial charge in [-0.25, -0.2) is 13.3 Å². The van der Waals surface area contributed by atoms with Crippen LogP contribution in [0.5, 0.6) is 0 Å². The molecule has 0 atom stereocenters. The zero-order chi connectivity index (χ0) is 18.8. The van der Waals surface area contributed by atoms with Gasteiger partial charge in [0.25, 0.3) is 5.91 Å². The Bertz CT molecular complexity index is 1100. The van der Waals surface area contributed by atoms with Gasteiger partial charge in [-0.05, 0) is 36.4 Å². The van der Waals surface area contributed by atoms with Gasteiger partial charge in [0, 0.05) is 23.9 Å². The van der Waals surface area contributed by atoms with Gasteiger partial charge in [0.15, 0.2) is 5.82 Å². The highest BCUT2D eigenvalue weighted by molar-refractivity contribution is 7.15. The molecule has 0 aliphatic rings. The molecule has 0 saturated heterocycles. The van der Waals surface area contributed by atoms with E-state index in [1.165, 1.54) is 41.7 Å². The molecular formula is C19H14F2N4OS. The standard InChI is InChI=1S/C19H14F2N4OS/c20-13-7-5-12(6-8-13)18(26)22-10-9-14-11-27-19-23-17(24-25(14)19)15-3-1-2-4-16(15)21/h1-8,11H,9-10H2,(H,22,26). The lowest BCUT2D eigenvalue weighted by Gasteiger charge is -2.04. The maximum absolute atomic E-state index is 13.9. The first-order valence-electron chi connectivity index (χ1n) is 8.23. The predicted molar refractivity (Wildman–Crippen MR) is 98.7 cm³/mol. The Kier molecular flexibility index (Phi) is 4.64. The summed E-state index contributed by atoms with van der Waals surface area (Å²) in [5.74, 6) is -0.698. The molecule has 8 heteroatoms. The molecule has 2 heterocycles. The molecule has 27 heavy (non-hydrogen) atoms. The Morgan fingerprint density at radius 2 is 1.89 bits per heavy atom. The molecule has 1 N–H and O–H groups in total. The van der Waals surface area contributed by atoms with Crippen molar-refractivity contribution in [3.8, 4) is 11.4 Å². The van der Waals surface area contributed by atoms with E-state index in [1.807, 2.05) is 5.38 Å². The van der Waals surface area contributed by atoms with Crippen LogP contribution in [0.2, 0.25) is 0 Å². The molecule has 0 spiro atoms. The van der Waals surface area contributed by atoms with Gasteiger partial charge in [0.05, 0.1) is 11.3 Å². The zero-order valence-electron chi connectivity index (χ0n) is 14.0. The highest BCUT2D eigenvalue weighted by atomic mass is 32.1. The van der Waals surface area contributed by atoms with E-state index in [4.69, 9.17) is 0 Å². The van der Waals surface area contributed by atoms with Crippen LogP contribution >= 0.6 is 11.3 Å². The third-order valence-electron chi connectivity index (χ3n) is 4.04. The molecule has 0 aliphatic carbocycles. The van der Waals surface area contributed by atoms with Gasteiger partial charge in [-0.15, -0.1) is 16.4 Å². The second-order valence-corrected chi connectivity index (χ2v) is 6.69. The summed E-state index contributed by atoms with van der Waals surface area (Å²) in [5.41, 5.74) is 1.61. The lowest BCUT2D eigenvalue weighted by Crippen LogP contribution is -2.26. The van der Waals surface area contributed by atoms with Gasteiger partial charge in [-0.1, -0.05) is 12.1 Å². The Hall–Kier alpha value is -3.13. The molecule has 0 radical (unpaired) electrons. The van der Waals surface area contributed by atoms with Gasteiger partial charge in [0.2, 0.25) is 4.96 Å². The number of fused-ring (bicyclic) bond motifs is 1. The summed E-state index contributed by atoms with van der Waals surface area (Å²) in [6, 6.07) is 11.7. The van der Waals surface area contributed by atoms with Crippen LogP contribution in [0.1, 0.15) is 16.1 Å². The number of rotatable bonds is 5. The molecular weight excluding hydrogens is 370 g/mol. The van der Waals surface area contributed by atoms with E-state index in [0.29, 0.717) is 34.9 Å². The summed E-state index contributed by atoms with van der Waals surface area (Å²) in [5, 5.41) is 9.09. The summed E-state index contributed by atoms with van der Waals surface area (Å²) in [7, 11) is 0. The summed E-state index contributed by atoms with van der Waals surface area (Å²) in [6.07, 6.45) is 0.535. The maximum atomic E-state index is 13.9. The van der Waals surface area contributed by atoms with Crippen LogP contribution in [0.15, 0.2) is 53.9 Å². The third-order valence-corrected chi connectivity index (χ3v) is 4.90. The Balaban J connectivity index is 1.46. The fraction of sp³-hybridized carbons (Fsp3) is 0.105. The maximum Gasteiger partial charge on any atom is 0.251 e. The van der Waals surface area contributed by atoms with Crippen molar-refractivity contribution >= 4 is 22.2 Å². The van der Waals surface area contributed by atoms with Crippen LogP contribution in [0.4, 0.5) is 8.78 Å². The monoisotopic (exact) mass is 384 g/mol. The molecule has 4 rings (SSSR count). The van der Waals surface area contributed by atoms with Crippen LogP contribution in [-0.2, 0) is 6.42 Å². The molecule has 136 valence electrons. The smallest absolute Gasteiger partial charge is 0.251 e. The number of hydrogen-bond donors (Lipinski definition) is 1. The first-order valence-corrected chi connectivity index (χ1v) is 9.11. The summed E-state index contributed by atoms with van der Waals surface area (Å²) in [6.45, 7) is 0.386. The zero-order valence-corrected chi connectivity index (χ0v) is 14.8. The first kappa shape index (κ1) is 17.3. The quantitative estimate of drug-likeness (QED) is 0.571. The molecule has 2 aromatic carbocycles. The van der Waals surface area contributed by atoms with Crippen molar-refractivity contribution < 1.29 is 13.6 Å². The third kappa shape index (κ3) is 3.56. The largest absolute Gasteiger partial charge is 0.352 e. The number of halogens is 2. The lowest BCUT2D eigenvalue weighted by atomic mass is 10.2. The molecule has 4 aromatic rings.